The summed E-state index contributed by atoms with van der Waals surface area (Å²) in [6, 6.07) is 9.63. The molecule has 1 N–H and O–H groups in total. The number of halogens is 1. The topological polar surface area (TPSA) is 12.0 Å². The van der Waals surface area contributed by atoms with Gasteiger partial charge in [-0.05, 0) is 76.3 Å². The Labute approximate surface area is 133 Å². The molecule has 1 nitrogen and oxygen atoms in total. The number of aryl methyl sites for hydroxylation is 2. The van der Waals surface area contributed by atoms with Gasteiger partial charge in [0.05, 0.1) is 0 Å². The molecule has 1 aromatic carbocycles. The molecule has 0 bridgehead atoms. The first-order valence-electron chi connectivity index (χ1n) is 7.35. The van der Waals surface area contributed by atoms with Crippen LogP contribution in [-0.4, -0.2) is 6.54 Å². The molecular weight excluding hydrogens is 330 g/mol. The van der Waals surface area contributed by atoms with E-state index in [0.29, 0.717) is 6.04 Å². The molecule has 0 saturated heterocycles. The standard InChI is InChI=1S/C17H20BrNS/c1-2-19-16(17-15(18)8-9-20-17)11-12-6-7-13-4-3-5-14(13)10-12/h6-10,16,19H,2-5,11H2,1H3. The van der Waals surface area contributed by atoms with E-state index in [2.05, 4.69) is 57.8 Å². The van der Waals surface area contributed by atoms with E-state index in [-0.39, 0.29) is 0 Å². The summed E-state index contributed by atoms with van der Waals surface area (Å²) in [5.41, 5.74) is 4.59. The molecule has 1 heterocycles. The number of fused-ring (bicyclic) bond motifs is 1. The van der Waals surface area contributed by atoms with Crippen LogP contribution in [0.1, 0.15) is 41.0 Å². The van der Waals surface area contributed by atoms with Crippen LogP contribution in [0.4, 0.5) is 0 Å². The quantitative estimate of drug-likeness (QED) is 0.809. The van der Waals surface area contributed by atoms with Crippen molar-refractivity contribution in [3.63, 3.8) is 0 Å². The lowest BCUT2D eigenvalue weighted by Gasteiger charge is -2.18. The molecule has 1 aromatic heterocycles. The zero-order valence-electron chi connectivity index (χ0n) is 11.8. The highest BCUT2D eigenvalue weighted by molar-refractivity contribution is 9.10. The zero-order chi connectivity index (χ0) is 13.9. The van der Waals surface area contributed by atoms with Crippen molar-refractivity contribution < 1.29 is 0 Å². The molecular formula is C17H20BrNS. The number of thiophene rings is 1. The molecule has 1 atom stereocenters. The number of rotatable bonds is 5. The summed E-state index contributed by atoms with van der Waals surface area (Å²) >= 11 is 5.50. The van der Waals surface area contributed by atoms with Crippen molar-refractivity contribution in [3.05, 3.63) is 55.7 Å². The van der Waals surface area contributed by atoms with Crippen LogP contribution in [0.15, 0.2) is 34.1 Å². The van der Waals surface area contributed by atoms with Crippen LogP contribution in [0, 0.1) is 0 Å². The third kappa shape index (κ3) is 3.00. The molecule has 3 rings (SSSR count). The second kappa shape index (κ2) is 6.42. The predicted octanol–water partition coefficient (Wildman–Crippen LogP) is 4.89. The van der Waals surface area contributed by atoms with Crippen LogP contribution in [0.2, 0.25) is 0 Å². The molecule has 106 valence electrons. The van der Waals surface area contributed by atoms with E-state index in [1.165, 1.54) is 34.2 Å². The lowest BCUT2D eigenvalue weighted by Crippen LogP contribution is -2.22. The number of benzene rings is 1. The van der Waals surface area contributed by atoms with Gasteiger partial charge in [0.15, 0.2) is 0 Å². The number of nitrogens with one attached hydrogen (secondary N) is 1. The van der Waals surface area contributed by atoms with E-state index < -0.39 is 0 Å². The highest BCUT2D eigenvalue weighted by Gasteiger charge is 2.17. The minimum atomic E-state index is 0.411. The van der Waals surface area contributed by atoms with Crippen LogP contribution in [-0.2, 0) is 19.3 Å². The van der Waals surface area contributed by atoms with Gasteiger partial charge in [-0.25, -0.2) is 0 Å². The maximum Gasteiger partial charge on any atom is 0.0467 e. The second-order valence-electron chi connectivity index (χ2n) is 5.40. The van der Waals surface area contributed by atoms with E-state index in [1.807, 2.05) is 11.3 Å². The zero-order valence-corrected chi connectivity index (χ0v) is 14.2. The van der Waals surface area contributed by atoms with Crippen molar-refractivity contribution in [1.29, 1.82) is 0 Å². The first-order chi connectivity index (χ1) is 9.78. The Balaban J connectivity index is 1.81. The van der Waals surface area contributed by atoms with Crippen LogP contribution < -0.4 is 5.32 Å². The van der Waals surface area contributed by atoms with Crippen LogP contribution in [0.25, 0.3) is 0 Å². The van der Waals surface area contributed by atoms with Gasteiger partial charge < -0.3 is 5.32 Å². The van der Waals surface area contributed by atoms with E-state index in [4.69, 9.17) is 0 Å². The largest absolute Gasteiger partial charge is 0.309 e. The average Bonchev–Trinajstić information content (AvgIpc) is 3.06. The summed E-state index contributed by atoms with van der Waals surface area (Å²) in [5.74, 6) is 0. The molecule has 0 radical (unpaired) electrons. The summed E-state index contributed by atoms with van der Waals surface area (Å²) in [5, 5.41) is 5.78. The molecule has 20 heavy (non-hydrogen) atoms. The maximum atomic E-state index is 3.67. The maximum absolute atomic E-state index is 3.67. The van der Waals surface area contributed by atoms with Gasteiger partial charge in [0.25, 0.3) is 0 Å². The molecule has 1 aliphatic rings. The van der Waals surface area contributed by atoms with Crippen molar-refractivity contribution in [1.82, 2.24) is 5.32 Å². The Morgan fingerprint density at radius 2 is 2.10 bits per heavy atom. The van der Waals surface area contributed by atoms with Crippen molar-refractivity contribution in [3.8, 4) is 0 Å². The molecule has 0 spiro atoms. The molecule has 0 saturated carbocycles. The molecule has 2 aromatic rings. The smallest absolute Gasteiger partial charge is 0.0467 e. The van der Waals surface area contributed by atoms with Gasteiger partial charge in [-0.1, -0.05) is 25.1 Å². The van der Waals surface area contributed by atoms with Gasteiger partial charge in [-0.3, -0.25) is 0 Å². The molecule has 1 aliphatic carbocycles. The van der Waals surface area contributed by atoms with Gasteiger partial charge in [-0.15, -0.1) is 11.3 Å². The van der Waals surface area contributed by atoms with Crippen molar-refractivity contribution in [2.75, 3.05) is 6.54 Å². The highest BCUT2D eigenvalue weighted by atomic mass is 79.9. The third-order valence-corrected chi connectivity index (χ3v) is 6.00. The minimum Gasteiger partial charge on any atom is -0.309 e. The molecule has 1 unspecified atom stereocenters. The molecule has 3 heteroatoms. The highest BCUT2D eigenvalue weighted by Crippen LogP contribution is 2.32. The first-order valence-corrected chi connectivity index (χ1v) is 9.02. The molecule has 0 aliphatic heterocycles. The number of hydrogen-bond acceptors (Lipinski definition) is 2. The Morgan fingerprint density at radius 3 is 2.85 bits per heavy atom. The third-order valence-electron chi connectivity index (χ3n) is 4.01. The van der Waals surface area contributed by atoms with Gasteiger partial charge in [-0.2, -0.15) is 0 Å². The van der Waals surface area contributed by atoms with Crippen LogP contribution >= 0.6 is 27.3 Å². The Morgan fingerprint density at radius 1 is 1.25 bits per heavy atom. The number of likely N-dealkylation sites (N-methyl/N-ethyl adjacent to an activating group) is 1. The molecule has 0 amide bonds. The second-order valence-corrected chi connectivity index (χ2v) is 7.21. The van der Waals surface area contributed by atoms with Crippen molar-refractivity contribution >= 4 is 27.3 Å². The van der Waals surface area contributed by atoms with Gasteiger partial charge in [0.1, 0.15) is 0 Å². The lowest BCUT2D eigenvalue weighted by molar-refractivity contribution is 0.556. The van der Waals surface area contributed by atoms with E-state index >= 15 is 0 Å². The van der Waals surface area contributed by atoms with Gasteiger partial charge in [0, 0.05) is 15.4 Å². The van der Waals surface area contributed by atoms with E-state index in [9.17, 15) is 0 Å². The fourth-order valence-electron chi connectivity index (χ4n) is 3.05. The number of hydrogen-bond donors (Lipinski definition) is 1. The Hall–Kier alpha value is -0.640. The average molecular weight is 350 g/mol. The molecule has 0 fully saturated rings. The Bertz CT molecular complexity index is 590. The predicted molar refractivity (Wildman–Crippen MR) is 90.6 cm³/mol. The van der Waals surface area contributed by atoms with E-state index in [0.717, 1.165) is 13.0 Å². The summed E-state index contributed by atoms with van der Waals surface area (Å²) < 4.78 is 1.23. The first kappa shape index (κ1) is 14.3. The summed E-state index contributed by atoms with van der Waals surface area (Å²) in [6.07, 6.45) is 4.92. The summed E-state index contributed by atoms with van der Waals surface area (Å²) in [4.78, 5) is 1.41. The SMILES string of the molecule is CCNC(Cc1ccc2c(c1)CCC2)c1sccc1Br. The van der Waals surface area contributed by atoms with Crippen LogP contribution in [0.3, 0.4) is 0 Å². The normalized spacial score (nSPS) is 15.3. The minimum absolute atomic E-state index is 0.411. The van der Waals surface area contributed by atoms with Crippen LogP contribution in [0.5, 0.6) is 0 Å². The van der Waals surface area contributed by atoms with Crippen molar-refractivity contribution in [2.24, 2.45) is 0 Å². The summed E-state index contributed by atoms with van der Waals surface area (Å²) in [7, 11) is 0. The monoisotopic (exact) mass is 349 g/mol. The lowest BCUT2D eigenvalue weighted by atomic mass is 10.00. The van der Waals surface area contributed by atoms with Crippen molar-refractivity contribution in [2.45, 2.75) is 38.6 Å². The fourth-order valence-corrected chi connectivity index (χ4v) is 4.77. The summed E-state index contributed by atoms with van der Waals surface area (Å²) in [6.45, 7) is 3.18. The van der Waals surface area contributed by atoms with Gasteiger partial charge >= 0.3 is 0 Å². The fraction of sp³-hybridized carbons (Fsp3) is 0.412. The van der Waals surface area contributed by atoms with E-state index in [1.54, 1.807) is 11.1 Å². The van der Waals surface area contributed by atoms with Gasteiger partial charge in [0.2, 0.25) is 0 Å². The Kier molecular flexibility index (Phi) is 4.59.